The van der Waals surface area contributed by atoms with E-state index in [0.717, 1.165) is 34.3 Å². The van der Waals surface area contributed by atoms with Crippen molar-refractivity contribution in [1.82, 2.24) is 9.88 Å². The van der Waals surface area contributed by atoms with E-state index >= 15 is 0 Å². The van der Waals surface area contributed by atoms with Crippen LogP contribution in [0.4, 0.5) is 5.13 Å². The fourth-order valence-corrected chi connectivity index (χ4v) is 4.48. The molecule has 4 rings (SSSR count). The third-order valence-corrected chi connectivity index (χ3v) is 5.73. The lowest BCUT2D eigenvalue weighted by atomic mass is 10.1. The van der Waals surface area contributed by atoms with Crippen molar-refractivity contribution in [3.63, 3.8) is 0 Å². The first kappa shape index (κ1) is 17.7. The third-order valence-electron chi connectivity index (χ3n) is 4.81. The van der Waals surface area contributed by atoms with E-state index in [0.29, 0.717) is 23.7 Å². The molecule has 1 aliphatic rings. The van der Waals surface area contributed by atoms with Crippen LogP contribution in [-0.2, 0) is 11.3 Å². The average Bonchev–Trinajstić information content (AvgIpc) is 3.21. The highest BCUT2D eigenvalue weighted by Gasteiger charge is 2.20. The number of carbonyl (C=O) groups is 2. The lowest BCUT2D eigenvalue weighted by molar-refractivity contribution is -0.128. The molecule has 2 aromatic carbocycles. The second-order valence-electron chi connectivity index (χ2n) is 7.02. The van der Waals surface area contributed by atoms with Crippen molar-refractivity contribution < 1.29 is 9.59 Å². The number of hydrogen-bond donors (Lipinski definition) is 1. The SMILES string of the molecule is Cc1cc(C)c2nc(NC(=O)c3ccc(CN4CCCC4=O)cc3)sc2c1. The van der Waals surface area contributed by atoms with Gasteiger partial charge in [-0.1, -0.05) is 29.5 Å². The van der Waals surface area contributed by atoms with E-state index < -0.39 is 0 Å². The number of anilines is 1. The molecule has 1 aromatic heterocycles. The highest BCUT2D eigenvalue weighted by molar-refractivity contribution is 7.22. The number of likely N-dealkylation sites (tertiary alicyclic amines) is 1. The predicted molar refractivity (Wildman–Crippen MR) is 108 cm³/mol. The van der Waals surface area contributed by atoms with Crippen LogP contribution in [0.15, 0.2) is 36.4 Å². The van der Waals surface area contributed by atoms with Gasteiger partial charge in [-0.3, -0.25) is 14.9 Å². The van der Waals surface area contributed by atoms with E-state index in [9.17, 15) is 9.59 Å². The molecule has 138 valence electrons. The Morgan fingerprint density at radius 3 is 2.70 bits per heavy atom. The molecule has 1 N–H and O–H groups in total. The molecule has 0 bridgehead atoms. The summed E-state index contributed by atoms with van der Waals surface area (Å²) in [4.78, 5) is 30.7. The van der Waals surface area contributed by atoms with Crippen LogP contribution in [0.5, 0.6) is 0 Å². The molecule has 0 radical (unpaired) electrons. The van der Waals surface area contributed by atoms with E-state index in [2.05, 4.69) is 29.4 Å². The molecule has 2 amide bonds. The molecular formula is C21H21N3O2S. The number of thiazole rings is 1. The van der Waals surface area contributed by atoms with Crippen LogP contribution in [-0.4, -0.2) is 28.2 Å². The zero-order valence-corrected chi connectivity index (χ0v) is 16.2. The van der Waals surface area contributed by atoms with Crippen molar-refractivity contribution in [2.75, 3.05) is 11.9 Å². The molecule has 27 heavy (non-hydrogen) atoms. The van der Waals surface area contributed by atoms with Gasteiger partial charge in [-0.25, -0.2) is 4.98 Å². The second kappa shape index (κ2) is 7.12. The Morgan fingerprint density at radius 2 is 2.00 bits per heavy atom. The number of carbonyl (C=O) groups excluding carboxylic acids is 2. The van der Waals surface area contributed by atoms with Crippen LogP contribution >= 0.6 is 11.3 Å². The monoisotopic (exact) mass is 379 g/mol. The van der Waals surface area contributed by atoms with E-state index in [-0.39, 0.29) is 11.8 Å². The Morgan fingerprint density at radius 1 is 1.22 bits per heavy atom. The summed E-state index contributed by atoms with van der Waals surface area (Å²) >= 11 is 1.49. The standard InChI is InChI=1S/C21H21N3O2S/c1-13-10-14(2)19-17(11-13)27-21(22-19)23-20(26)16-7-5-15(6-8-16)12-24-9-3-4-18(24)25/h5-8,10-11H,3-4,9,12H2,1-2H3,(H,22,23,26). The summed E-state index contributed by atoms with van der Waals surface area (Å²) in [5.41, 5.74) is 4.86. The Kier molecular flexibility index (Phi) is 4.66. The largest absolute Gasteiger partial charge is 0.338 e. The molecule has 0 atom stereocenters. The molecule has 1 fully saturated rings. The van der Waals surface area contributed by atoms with E-state index in [1.54, 1.807) is 12.1 Å². The van der Waals surface area contributed by atoms with E-state index in [1.165, 1.54) is 16.9 Å². The average molecular weight is 379 g/mol. The molecule has 1 aliphatic heterocycles. The van der Waals surface area contributed by atoms with Gasteiger partial charge in [0.25, 0.3) is 5.91 Å². The van der Waals surface area contributed by atoms with Gasteiger partial charge in [0, 0.05) is 25.1 Å². The highest BCUT2D eigenvalue weighted by Crippen LogP contribution is 2.29. The number of benzene rings is 2. The van der Waals surface area contributed by atoms with E-state index in [1.807, 2.05) is 24.0 Å². The van der Waals surface area contributed by atoms with Crippen molar-refractivity contribution in [2.45, 2.75) is 33.2 Å². The highest BCUT2D eigenvalue weighted by atomic mass is 32.1. The molecule has 2 heterocycles. The number of aromatic nitrogens is 1. The summed E-state index contributed by atoms with van der Waals surface area (Å²) in [7, 11) is 0. The summed E-state index contributed by atoms with van der Waals surface area (Å²) in [6, 6.07) is 11.6. The van der Waals surface area contributed by atoms with Crippen LogP contribution in [0.2, 0.25) is 0 Å². The molecular weight excluding hydrogens is 358 g/mol. The summed E-state index contributed by atoms with van der Waals surface area (Å²) < 4.78 is 1.08. The maximum Gasteiger partial charge on any atom is 0.257 e. The van der Waals surface area contributed by atoms with Gasteiger partial charge in [-0.05, 0) is 55.2 Å². The normalized spacial score (nSPS) is 14.1. The van der Waals surface area contributed by atoms with Crippen molar-refractivity contribution in [3.8, 4) is 0 Å². The van der Waals surface area contributed by atoms with Gasteiger partial charge in [0.15, 0.2) is 5.13 Å². The van der Waals surface area contributed by atoms with Gasteiger partial charge < -0.3 is 4.90 Å². The third kappa shape index (κ3) is 3.71. The Balaban J connectivity index is 1.46. The van der Waals surface area contributed by atoms with Gasteiger partial charge in [-0.2, -0.15) is 0 Å². The summed E-state index contributed by atoms with van der Waals surface area (Å²) in [5, 5.41) is 3.50. The van der Waals surface area contributed by atoms with Crippen molar-refractivity contribution in [3.05, 3.63) is 58.7 Å². The van der Waals surface area contributed by atoms with Gasteiger partial charge in [0.2, 0.25) is 5.91 Å². The predicted octanol–water partition coefficient (Wildman–Crippen LogP) is 4.29. The lowest BCUT2D eigenvalue weighted by Crippen LogP contribution is -2.23. The molecule has 1 saturated heterocycles. The lowest BCUT2D eigenvalue weighted by Gasteiger charge is -2.15. The number of rotatable bonds is 4. The van der Waals surface area contributed by atoms with Gasteiger partial charge in [0.1, 0.15) is 0 Å². The minimum atomic E-state index is -0.174. The molecule has 0 saturated carbocycles. The van der Waals surface area contributed by atoms with Crippen molar-refractivity contribution in [1.29, 1.82) is 0 Å². The zero-order chi connectivity index (χ0) is 19.0. The maximum atomic E-state index is 12.5. The zero-order valence-electron chi connectivity index (χ0n) is 15.4. The van der Waals surface area contributed by atoms with Gasteiger partial charge >= 0.3 is 0 Å². The maximum absolute atomic E-state index is 12.5. The molecule has 0 unspecified atom stereocenters. The van der Waals surface area contributed by atoms with Crippen LogP contribution < -0.4 is 5.32 Å². The van der Waals surface area contributed by atoms with Crippen molar-refractivity contribution >= 4 is 38.5 Å². The smallest absolute Gasteiger partial charge is 0.257 e. The minimum absolute atomic E-state index is 0.174. The fraction of sp³-hybridized carbons (Fsp3) is 0.286. The molecule has 5 nitrogen and oxygen atoms in total. The first-order valence-corrected chi connectivity index (χ1v) is 9.87. The summed E-state index contributed by atoms with van der Waals surface area (Å²) in [6.45, 7) is 5.51. The minimum Gasteiger partial charge on any atom is -0.338 e. The molecule has 0 spiro atoms. The van der Waals surface area contributed by atoms with E-state index in [4.69, 9.17) is 0 Å². The first-order valence-electron chi connectivity index (χ1n) is 9.05. The second-order valence-corrected chi connectivity index (χ2v) is 8.05. The molecule has 6 heteroatoms. The number of hydrogen-bond acceptors (Lipinski definition) is 4. The number of aryl methyl sites for hydroxylation is 2. The Labute approximate surface area is 162 Å². The van der Waals surface area contributed by atoms with Crippen LogP contribution in [0.25, 0.3) is 10.2 Å². The number of amides is 2. The number of nitrogens with one attached hydrogen (secondary N) is 1. The number of fused-ring (bicyclic) bond motifs is 1. The van der Waals surface area contributed by atoms with Crippen LogP contribution in [0.3, 0.4) is 0 Å². The van der Waals surface area contributed by atoms with Crippen LogP contribution in [0, 0.1) is 13.8 Å². The number of nitrogens with zero attached hydrogens (tertiary/aromatic N) is 2. The Bertz CT molecular complexity index is 1020. The fourth-order valence-electron chi connectivity index (χ4n) is 3.45. The molecule has 3 aromatic rings. The van der Waals surface area contributed by atoms with Crippen molar-refractivity contribution in [2.24, 2.45) is 0 Å². The van der Waals surface area contributed by atoms with Gasteiger partial charge in [0.05, 0.1) is 10.2 Å². The van der Waals surface area contributed by atoms with Crippen LogP contribution in [0.1, 0.15) is 39.9 Å². The first-order chi connectivity index (χ1) is 13.0. The van der Waals surface area contributed by atoms with Gasteiger partial charge in [-0.15, -0.1) is 0 Å². The Hall–Kier alpha value is -2.73. The topological polar surface area (TPSA) is 62.3 Å². The molecule has 0 aliphatic carbocycles. The quantitative estimate of drug-likeness (QED) is 0.736. The summed E-state index contributed by atoms with van der Waals surface area (Å²) in [5.74, 6) is 0.0328. The summed E-state index contributed by atoms with van der Waals surface area (Å²) in [6.07, 6.45) is 1.57.